The Morgan fingerprint density at radius 1 is 1.07 bits per heavy atom. The Bertz CT molecular complexity index is 2250. The number of aliphatic hydroxyl groups is 1. The number of nitrogens with zero attached hydrogens (tertiary/aromatic N) is 5. The van der Waals surface area contributed by atoms with Crippen molar-refractivity contribution in [2.45, 2.75) is 63.2 Å². The molecule has 2 amide bonds. The summed E-state index contributed by atoms with van der Waals surface area (Å²) in [5.74, 6) is -0.190. The van der Waals surface area contributed by atoms with Gasteiger partial charge in [0.1, 0.15) is 5.75 Å². The fourth-order valence-corrected chi connectivity index (χ4v) is 12.6. The van der Waals surface area contributed by atoms with Crippen molar-refractivity contribution in [3.05, 3.63) is 130 Å². The zero-order valence-electron chi connectivity index (χ0n) is 31.7. The predicted octanol–water partition coefficient (Wildman–Crippen LogP) is 5.42. The summed E-state index contributed by atoms with van der Waals surface area (Å²) in [5.41, 5.74) is 8.16. The van der Waals surface area contributed by atoms with Crippen LogP contribution in [0.3, 0.4) is 0 Å². The Hall–Kier alpha value is -5.90. The molecule has 0 radical (unpaired) electrons. The second-order valence-electron chi connectivity index (χ2n) is 15.0. The number of aryl methyl sites for hydroxylation is 1. The van der Waals surface area contributed by atoms with Gasteiger partial charge in [-0.25, -0.2) is 0 Å². The van der Waals surface area contributed by atoms with Crippen LogP contribution in [0.2, 0.25) is 18.6 Å². The van der Waals surface area contributed by atoms with Crippen molar-refractivity contribution in [1.29, 1.82) is 0 Å². The van der Waals surface area contributed by atoms with Crippen molar-refractivity contribution in [3.8, 4) is 5.75 Å². The molecule has 1 spiro atoms. The maximum atomic E-state index is 15.2. The van der Waals surface area contributed by atoms with E-state index >= 15 is 4.79 Å². The van der Waals surface area contributed by atoms with Gasteiger partial charge in [0.2, 0.25) is 0 Å². The lowest BCUT2D eigenvalue weighted by Gasteiger charge is -2.37. The maximum absolute atomic E-state index is 15.2. The fourth-order valence-electron chi connectivity index (χ4n) is 8.49. The molecule has 0 bridgehead atoms. The zero-order valence-corrected chi connectivity index (χ0v) is 32.7. The lowest BCUT2D eigenvalue weighted by atomic mass is 9.82. The monoisotopic (exact) mass is 775 g/mol. The molecule has 56 heavy (non-hydrogen) atoms. The molecule has 290 valence electrons. The number of nitro groups is 1. The molecule has 0 saturated carbocycles. The van der Waals surface area contributed by atoms with E-state index in [1.807, 2.05) is 31.2 Å². The number of hydrogen-bond acceptors (Lipinski definition) is 10. The number of hydrogen-bond donors (Lipinski definition) is 3. The lowest BCUT2D eigenvalue weighted by molar-refractivity contribution is -0.385. The molecular weight excluding hydrogens is 731 g/mol. The molecule has 1 aromatic heterocycles. The van der Waals surface area contributed by atoms with Crippen LogP contribution < -0.4 is 25.9 Å². The molecule has 5 aromatic rings. The maximum Gasteiger partial charge on any atom is 0.269 e. The van der Waals surface area contributed by atoms with Crippen molar-refractivity contribution >= 4 is 47.8 Å². The molecule has 15 heteroatoms. The molecule has 4 aromatic carbocycles. The van der Waals surface area contributed by atoms with Crippen LogP contribution in [-0.2, 0) is 34.6 Å². The summed E-state index contributed by atoms with van der Waals surface area (Å²) >= 11 is 0. The number of aliphatic hydroxyl groups excluding tert-OH is 1. The van der Waals surface area contributed by atoms with Gasteiger partial charge in [-0.05, 0) is 72.1 Å². The van der Waals surface area contributed by atoms with Gasteiger partial charge in [0.25, 0.3) is 17.5 Å². The minimum atomic E-state index is -2.48. The second kappa shape index (κ2) is 15.3. The number of carbonyl (C=O) groups is 2. The van der Waals surface area contributed by atoms with Crippen molar-refractivity contribution < 1.29 is 29.1 Å². The molecule has 14 nitrogen and oxygen atoms in total. The Morgan fingerprint density at radius 2 is 1.79 bits per heavy atom. The van der Waals surface area contributed by atoms with E-state index in [2.05, 4.69) is 40.9 Å². The van der Waals surface area contributed by atoms with Gasteiger partial charge in [0.15, 0.2) is 5.60 Å². The van der Waals surface area contributed by atoms with Gasteiger partial charge in [0.05, 0.1) is 44.1 Å². The van der Waals surface area contributed by atoms with E-state index in [-0.39, 0.29) is 42.1 Å². The van der Waals surface area contributed by atoms with Crippen molar-refractivity contribution in [2.24, 2.45) is 5.92 Å². The summed E-state index contributed by atoms with van der Waals surface area (Å²) in [5, 5.41) is 34.1. The van der Waals surface area contributed by atoms with Gasteiger partial charge >= 0.3 is 0 Å². The molecular formula is C41H45N7O7Si. The number of fused-ring (bicyclic) bond motifs is 2. The molecule has 1 fully saturated rings. The van der Waals surface area contributed by atoms with Gasteiger partial charge in [0, 0.05) is 66.3 Å². The first kappa shape index (κ1) is 38.4. The Balaban J connectivity index is 1.23. The number of ether oxygens (including phenoxy) is 2. The normalized spacial score (nSPS) is 20.3. The Morgan fingerprint density at radius 3 is 2.45 bits per heavy atom. The van der Waals surface area contributed by atoms with E-state index in [4.69, 9.17) is 15.2 Å². The number of nitrogen functional groups attached to an aromatic ring is 1. The fraction of sp³-hybridized carbons (Fsp3) is 0.317. The third-order valence-corrected chi connectivity index (χ3v) is 15.7. The van der Waals surface area contributed by atoms with Crippen molar-refractivity contribution in [1.82, 2.24) is 15.0 Å². The average Bonchev–Trinajstić information content (AvgIpc) is 3.84. The molecule has 2 aliphatic heterocycles. The van der Waals surface area contributed by atoms with Crippen LogP contribution in [-0.4, -0.2) is 64.7 Å². The smallest absolute Gasteiger partial charge is 0.269 e. The number of amides is 2. The molecule has 2 aliphatic rings. The highest BCUT2D eigenvalue weighted by Crippen LogP contribution is 2.60. The number of benzene rings is 4. The van der Waals surface area contributed by atoms with Crippen LogP contribution in [0, 0.1) is 16.0 Å². The van der Waals surface area contributed by atoms with Crippen LogP contribution in [0.5, 0.6) is 5.75 Å². The van der Waals surface area contributed by atoms with E-state index < -0.39 is 24.7 Å². The number of rotatable bonds is 13. The van der Waals surface area contributed by atoms with Crippen molar-refractivity contribution in [3.63, 3.8) is 0 Å². The lowest BCUT2D eigenvalue weighted by Crippen LogP contribution is -2.51. The number of carbonyl (C=O) groups excluding carboxylic acids is 2. The van der Waals surface area contributed by atoms with E-state index in [1.165, 1.54) is 12.1 Å². The van der Waals surface area contributed by atoms with Crippen LogP contribution in [0.25, 0.3) is 0 Å². The van der Waals surface area contributed by atoms with E-state index in [0.717, 1.165) is 16.5 Å². The zero-order chi connectivity index (χ0) is 39.8. The average molecular weight is 776 g/mol. The highest BCUT2D eigenvalue weighted by atomic mass is 28.3. The van der Waals surface area contributed by atoms with E-state index in [0.29, 0.717) is 53.3 Å². The summed E-state index contributed by atoms with van der Waals surface area (Å²) in [6, 6.07) is 26.5. The first-order valence-corrected chi connectivity index (χ1v) is 21.6. The van der Waals surface area contributed by atoms with Gasteiger partial charge in [-0.15, -0.1) is 5.10 Å². The molecule has 3 heterocycles. The summed E-state index contributed by atoms with van der Waals surface area (Å²) in [6.45, 7) is 7.19. The Labute approximate surface area is 325 Å². The summed E-state index contributed by atoms with van der Waals surface area (Å²) < 4.78 is 14.3. The van der Waals surface area contributed by atoms with Crippen LogP contribution in [0.4, 0.5) is 22.7 Å². The number of aromatic nitrogens is 3. The number of nitrogens with two attached hydrogens (primary N) is 1. The standard InChI is InChI=1S/C41H45N7O7Si/c1-26-38(56(3,4)34-16-14-33(54-2)15-17-34)37(19-21-46-25-31(20-22-49)44-45-46)55-41(26)35-23-32(48(52)53)13-18-36(35)47(40(41)51)24-27-5-11-30(12-6-27)43-39(50)28-7-9-29(42)10-8-28/h5-18,23,25-26,37-38,49H,19-22,24,42H2,1-4H3,(H,43,50)/t26-,37+,38-,41+/m0/s1. The van der Waals surface area contributed by atoms with Gasteiger partial charge in [-0.2, -0.15) is 0 Å². The molecule has 4 atom stereocenters. The third kappa shape index (κ3) is 7.04. The summed E-state index contributed by atoms with van der Waals surface area (Å²) in [7, 11) is -0.853. The number of methoxy groups -OCH3 is 1. The van der Waals surface area contributed by atoms with Crippen LogP contribution >= 0.6 is 0 Å². The molecule has 4 N–H and O–H groups in total. The first-order valence-electron chi connectivity index (χ1n) is 18.5. The topological polar surface area (TPSA) is 188 Å². The van der Waals surface area contributed by atoms with Gasteiger partial charge < -0.3 is 30.5 Å². The molecule has 1 saturated heterocycles. The van der Waals surface area contributed by atoms with Crippen LogP contribution in [0.1, 0.15) is 40.5 Å². The summed E-state index contributed by atoms with van der Waals surface area (Å²) in [4.78, 5) is 41.4. The number of nitro benzene ring substituents is 1. The Kier molecular flexibility index (Phi) is 10.5. The van der Waals surface area contributed by atoms with E-state index in [1.54, 1.807) is 65.4 Å². The minimum Gasteiger partial charge on any atom is -0.497 e. The number of anilines is 3. The summed E-state index contributed by atoms with van der Waals surface area (Å²) in [6.07, 6.45) is 2.29. The molecule has 7 rings (SSSR count). The largest absolute Gasteiger partial charge is 0.497 e. The predicted molar refractivity (Wildman–Crippen MR) is 215 cm³/mol. The first-order chi connectivity index (χ1) is 26.8. The highest BCUT2D eigenvalue weighted by Gasteiger charge is 2.66. The SMILES string of the molecule is COc1ccc([Si](C)(C)[C@@H]2[C@@H](CCn3cc(CCO)nn3)O[C@]3(C(=O)N(Cc4ccc(NC(=O)c5ccc(N)cc5)cc4)c4ccc([N+](=O)[O-])cc43)[C@H]2C)cc1. The van der Waals surface area contributed by atoms with E-state index in [9.17, 15) is 20.0 Å². The minimum absolute atomic E-state index is 0.0381. The second-order valence-corrected chi connectivity index (χ2v) is 19.7. The quantitative estimate of drug-likeness (QED) is 0.0604. The van der Waals surface area contributed by atoms with Crippen LogP contribution in [0.15, 0.2) is 97.2 Å². The van der Waals surface area contributed by atoms with Crippen molar-refractivity contribution in [2.75, 3.05) is 29.7 Å². The third-order valence-electron chi connectivity index (χ3n) is 11.4. The van der Waals surface area contributed by atoms with Gasteiger partial charge in [-0.1, -0.05) is 54.7 Å². The highest BCUT2D eigenvalue weighted by molar-refractivity contribution is 6.91. The molecule has 0 unspecified atom stereocenters. The number of nitrogens with one attached hydrogen (secondary N) is 1. The number of non-ortho nitro benzene ring substituents is 1. The van der Waals surface area contributed by atoms with Gasteiger partial charge in [-0.3, -0.25) is 24.4 Å². The molecule has 0 aliphatic carbocycles.